The molecule has 2 N–H and O–H groups in total. The highest BCUT2D eigenvalue weighted by Gasteiger charge is 2.15. The fourth-order valence-corrected chi connectivity index (χ4v) is 1.79. The fraction of sp³-hybridized carbons (Fsp3) is 0.900. The van der Waals surface area contributed by atoms with Crippen molar-refractivity contribution in [1.82, 2.24) is 4.90 Å². The average Bonchev–Trinajstić information content (AvgIpc) is 2.42. The summed E-state index contributed by atoms with van der Waals surface area (Å²) >= 11 is 0. The van der Waals surface area contributed by atoms with Crippen LogP contribution in [-0.4, -0.2) is 46.8 Å². The van der Waals surface area contributed by atoms with Crippen LogP contribution in [0.5, 0.6) is 0 Å². The van der Waals surface area contributed by atoms with Crippen molar-refractivity contribution in [2.24, 2.45) is 0 Å². The van der Waals surface area contributed by atoms with Crippen molar-refractivity contribution in [1.29, 1.82) is 0 Å². The molecule has 1 aliphatic heterocycles. The molecule has 0 bridgehead atoms. The molecule has 0 aromatic rings. The minimum Gasteiger partial charge on any atom is -0.479 e. The lowest BCUT2D eigenvalue weighted by atomic mass is 10.2. The number of carboxylic acids is 1. The summed E-state index contributed by atoms with van der Waals surface area (Å²) in [7, 11) is 0. The van der Waals surface area contributed by atoms with Gasteiger partial charge in [0, 0.05) is 6.54 Å². The monoisotopic (exact) mass is 201 g/mol. The third-order valence-electron chi connectivity index (χ3n) is 2.70. The summed E-state index contributed by atoms with van der Waals surface area (Å²) in [5.41, 5.74) is 0. The van der Waals surface area contributed by atoms with Crippen molar-refractivity contribution in [3.63, 3.8) is 0 Å². The van der Waals surface area contributed by atoms with Gasteiger partial charge in [0.15, 0.2) is 6.10 Å². The molecular formula is C10H19NO3. The highest BCUT2D eigenvalue weighted by molar-refractivity contribution is 5.71. The Morgan fingerprint density at radius 1 is 1.21 bits per heavy atom. The van der Waals surface area contributed by atoms with Gasteiger partial charge in [-0.1, -0.05) is 12.8 Å². The zero-order valence-corrected chi connectivity index (χ0v) is 8.48. The second kappa shape index (κ2) is 5.98. The number of aliphatic hydroxyl groups excluding tert-OH is 1. The Morgan fingerprint density at radius 3 is 2.29 bits per heavy atom. The summed E-state index contributed by atoms with van der Waals surface area (Å²) in [6, 6.07) is 0. The van der Waals surface area contributed by atoms with Gasteiger partial charge in [-0.2, -0.15) is 0 Å². The minimum atomic E-state index is -1.20. The van der Waals surface area contributed by atoms with Crippen molar-refractivity contribution in [3.05, 3.63) is 0 Å². The molecule has 0 radical (unpaired) electrons. The van der Waals surface area contributed by atoms with E-state index in [1.54, 1.807) is 0 Å². The third-order valence-corrected chi connectivity index (χ3v) is 2.70. The van der Waals surface area contributed by atoms with Gasteiger partial charge in [0.1, 0.15) is 0 Å². The van der Waals surface area contributed by atoms with Gasteiger partial charge in [0.05, 0.1) is 0 Å². The summed E-state index contributed by atoms with van der Waals surface area (Å²) in [4.78, 5) is 12.6. The van der Waals surface area contributed by atoms with E-state index in [1.807, 2.05) is 0 Å². The number of aliphatic hydroxyl groups is 1. The molecule has 1 atom stereocenters. The van der Waals surface area contributed by atoms with E-state index in [-0.39, 0.29) is 0 Å². The number of carbonyl (C=O) groups is 1. The maximum atomic E-state index is 10.4. The molecule has 1 saturated heterocycles. The summed E-state index contributed by atoms with van der Waals surface area (Å²) < 4.78 is 0. The molecular weight excluding hydrogens is 182 g/mol. The molecule has 1 unspecified atom stereocenters. The minimum absolute atomic E-state index is 0.343. The summed E-state index contributed by atoms with van der Waals surface area (Å²) in [5.74, 6) is -1.11. The highest BCUT2D eigenvalue weighted by Crippen LogP contribution is 2.10. The Morgan fingerprint density at radius 2 is 1.79 bits per heavy atom. The van der Waals surface area contributed by atoms with E-state index >= 15 is 0 Å². The molecule has 1 rings (SSSR count). The van der Waals surface area contributed by atoms with Gasteiger partial charge in [-0.05, 0) is 32.4 Å². The van der Waals surface area contributed by atoms with Crippen LogP contribution in [0.2, 0.25) is 0 Å². The Kier molecular flexibility index (Phi) is 4.90. The number of hydrogen-bond donors (Lipinski definition) is 2. The Labute approximate surface area is 84.5 Å². The number of carboxylic acid groups (broad SMARTS) is 1. The van der Waals surface area contributed by atoms with E-state index in [0.717, 1.165) is 13.1 Å². The van der Waals surface area contributed by atoms with E-state index in [1.165, 1.54) is 25.7 Å². The SMILES string of the molecule is O=C(O)C(O)CCN1CCCCCC1. The molecule has 0 aromatic carbocycles. The van der Waals surface area contributed by atoms with Gasteiger partial charge in [-0.3, -0.25) is 0 Å². The molecule has 1 aliphatic rings. The Hall–Kier alpha value is -0.610. The summed E-state index contributed by atoms with van der Waals surface area (Å²) in [6.45, 7) is 2.80. The first-order valence-electron chi connectivity index (χ1n) is 5.33. The molecule has 0 aliphatic carbocycles. The molecule has 4 nitrogen and oxygen atoms in total. The van der Waals surface area contributed by atoms with Crippen LogP contribution in [0.25, 0.3) is 0 Å². The topological polar surface area (TPSA) is 60.8 Å². The lowest BCUT2D eigenvalue weighted by Crippen LogP contribution is -2.30. The maximum absolute atomic E-state index is 10.4. The van der Waals surface area contributed by atoms with Gasteiger partial charge in [0.2, 0.25) is 0 Å². The maximum Gasteiger partial charge on any atom is 0.332 e. The molecule has 0 saturated carbocycles. The second-order valence-electron chi connectivity index (χ2n) is 3.90. The van der Waals surface area contributed by atoms with Crippen molar-refractivity contribution in [3.8, 4) is 0 Å². The quantitative estimate of drug-likeness (QED) is 0.703. The summed E-state index contributed by atoms with van der Waals surface area (Å²) in [6.07, 6.45) is 4.09. The number of nitrogens with zero attached hydrogens (tertiary/aromatic N) is 1. The van der Waals surface area contributed by atoms with Crippen LogP contribution in [0, 0.1) is 0 Å². The second-order valence-corrected chi connectivity index (χ2v) is 3.90. The molecule has 1 heterocycles. The normalized spacial score (nSPS) is 21.5. The van der Waals surface area contributed by atoms with Crippen LogP contribution in [0.1, 0.15) is 32.1 Å². The first-order chi connectivity index (χ1) is 6.70. The Balaban J connectivity index is 2.18. The van der Waals surface area contributed by atoms with Crippen LogP contribution in [-0.2, 0) is 4.79 Å². The van der Waals surface area contributed by atoms with E-state index < -0.39 is 12.1 Å². The molecule has 14 heavy (non-hydrogen) atoms. The van der Waals surface area contributed by atoms with Gasteiger partial charge < -0.3 is 15.1 Å². The van der Waals surface area contributed by atoms with Gasteiger partial charge >= 0.3 is 5.97 Å². The average molecular weight is 201 g/mol. The molecule has 0 spiro atoms. The highest BCUT2D eigenvalue weighted by atomic mass is 16.4. The molecule has 0 amide bonds. The van der Waals surface area contributed by atoms with Crippen LogP contribution in [0.3, 0.4) is 0 Å². The van der Waals surface area contributed by atoms with Crippen LogP contribution < -0.4 is 0 Å². The lowest BCUT2D eigenvalue weighted by molar-refractivity contribution is -0.147. The molecule has 1 fully saturated rings. The first-order valence-corrected chi connectivity index (χ1v) is 5.33. The van der Waals surface area contributed by atoms with Crippen molar-refractivity contribution in [2.75, 3.05) is 19.6 Å². The van der Waals surface area contributed by atoms with E-state index in [4.69, 9.17) is 10.2 Å². The Bertz CT molecular complexity index is 176. The molecule has 4 heteroatoms. The van der Waals surface area contributed by atoms with Crippen LogP contribution in [0.15, 0.2) is 0 Å². The number of likely N-dealkylation sites (tertiary alicyclic amines) is 1. The first kappa shape index (κ1) is 11.5. The van der Waals surface area contributed by atoms with Gasteiger partial charge in [0.25, 0.3) is 0 Å². The smallest absolute Gasteiger partial charge is 0.332 e. The standard InChI is InChI=1S/C10H19NO3/c12-9(10(13)14)5-8-11-6-3-1-2-4-7-11/h9,12H,1-8H2,(H,13,14). The largest absolute Gasteiger partial charge is 0.479 e. The predicted octanol–water partition coefficient (Wildman–Crippen LogP) is 0.698. The number of rotatable bonds is 4. The number of hydrogen-bond acceptors (Lipinski definition) is 3. The predicted molar refractivity (Wildman–Crippen MR) is 53.2 cm³/mol. The molecule has 0 aromatic heterocycles. The van der Waals surface area contributed by atoms with Gasteiger partial charge in [-0.25, -0.2) is 4.79 Å². The fourth-order valence-electron chi connectivity index (χ4n) is 1.79. The lowest BCUT2D eigenvalue weighted by Gasteiger charge is -2.20. The molecule has 82 valence electrons. The number of aliphatic carboxylic acids is 1. The van der Waals surface area contributed by atoms with E-state index in [0.29, 0.717) is 13.0 Å². The van der Waals surface area contributed by atoms with Crippen molar-refractivity contribution < 1.29 is 15.0 Å². The van der Waals surface area contributed by atoms with Crippen molar-refractivity contribution in [2.45, 2.75) is 38.2 Å². The van der Waals surface area contributed by atoms with E-state index in [2.05, 4.69) is 4.90 Å². The van der Waals surface area contributed by atoms with Crippen LogP contribution in [0.4, 0.5) is 0 Å². The van der Waals surface area contributed by atoms with Crippen molar-refractivity contribution >= 4 is 5.97 Å². The zero-order chi connectivity index (χ0) is 10.4. The summed E-state index contributed by atoms with van der Waals surface area (Å²) in [5, 5.41) is 17.6. The van der Waals surface area contributed by atoms with E-state index in [9.17, 15) is 4.79 Å². The van der Waals surface area contributed by atoms with Gasteiger partial charge in [-0.15, -0.1) is 0 Å². The zero-order valence-electron chi connectivity index (χ0n) is 8.48. The third kappa shape index (κ3) is 4.07. The van der Waals surface area contributed by atoms with Crippen LogP contribution >= 0.6 is 0 Å².